The van der Waals surface area contributed by atoms with Crippen LogP contribution in [0.15, 0.2) is 0 Å². The fourth-order valence-electron chi connectivity index (χ4n) is 3.63. The monoisotopic (exact) mass is 386 g/mol. The molecular formula is C16H20F6N2S. The quantitative estimate of drug-likeness (QED) is 0.501. The molecule has 0 bridgehead atoms. The number of hydrogen-bond acceptors (Lipinski definition) is 3. The largest absolute Gasteiger partial charge is 0.410 e. The van der Waals surface area contributed by atoms with Crippen molar-refractivity contribution in [2.45, 2.75) is 64.4 Å². The zero-order valence-electron chi connectivity index (χ0n) is 14.7. The molecule has 4 atom stereocenters. The molecule has 0 aromatic carbocycles. The number of thioether (sulfide) groups is 1. The third-order valence-corrected chi connectivity index (χ3v) is 7.17. The molecule has 1 saturated heterocycles. The van der Waals surface area contributed by atoms with E-state index in [4.69, 9.17) is 0 Å². The highest BCUT2D eigenvalue weighted by molar-refractivity contribution is 8.01. The molecule has 1 rings (SSSR count). The van der Waals surface area contributed by atoms with Gasteiger partial charge in [0.1, 0.15) is 0 Å². The molecule has 9 heteroatoms. The summed E-state index contributed by atoms with van der Waals surface area (Å²) in [6.07, 6.45) is -11.1. The fourth-order valence-corrected chi connectivity index (χ4v) is 5.87. The van der Waals surface area contributed by atoms with Gasteiger partial charge in [0.25, 0.3) is 0 Å². The second-order valence-corrected chi connectivity index (χ2v) is 9.68. The van der Waals surface area contributed by atoms with E-state index in [9.17, 15) is 36.9 Å². The first-order valence-corrected chi connectivity index (χ1v) is 8.40. The minimum Gasteiger partial charge on any atom is -0.197 e. The molecule has 1 aliphatic rings. The molecule has 0 spiro atoms. The van der Waals surface area contributed by atoms with Crippen molar-refractivity contribution in [1.29, 1.82) is 10.5 Å². The zero-order valence-corrected chi connectivity index (χ0v) is 15.5. The van der Waals surface area contributed by atoms with Gasteiger partial charge in [-0.05, 0) is 10.8 Å². The summed E-state index contributed by atoms with van der Waals surface area (Å²) in [7, 11) is 0. The van der Waals surface area contributed by atoms with Crippen molar-refractivity contribution in [1.82, 2.24) is 0 Å². The summed E-state index contributed by atoms with van der Waals surface area (Å²) in [6.45, 7) is 8.12. The van der Waals surface area contributed by atoms with E-state index in [1.807, 2.05) is 0 Å². The van der Waals surface area contributed by atoms with Gasteiger partial charge in [0.05, 0.1) is 12.1 Å². The molecule has 2 nitrogen and oxygen atoms in total. The molecular weight excluding hydrogens is 366 g/mol. The Morgan fingerprint density at radius 2 is 0.920 bits per heavy atom. The van der Waals surface area contributed by atoms with Crippen LogP contribution in [0.4, 0.5) is 26.3 Å². The lowest BCUT2D eigenvalue weighted by Gasteiger charge is -2.46. The van der Waals surface area contributed by atoms with E-state index >= 15 is 0 Å². The molecule has 1 heterocycles. The van der Waals surface area contributed by atoms with E-state index < -0.39 is 44.5 Å². The molecule has 0 unspecified atom stereocenters. The maximum atomic E-state index is 14.1. The van der Waals surface area contributed by atoms with Gasteiger partial charge in [-0.15, -0.1) is 11.8 Å². The predicted octanol–water partition coefficient (Wildman–Crippen LogP) is 5.71. The number of nitrogens with zero attached hydrogens (tertiary/aromatic N) is 2. The Labute approximate surface area is 147 Å². The van der Waals surface area contributed by atoms with Crippen LogP contribution in [0, 0.1) is 44.3 Å². The Morgan fingerprint density at radius 3 is 1.04 bits per heavy atom. The lowest BCUT2D eigenvalue weighted by atomic mass is 9.54. The molecule has 0 aromatic rings. The van der Waals surface area contributed by atoms with Gasteiger partial charge >= 0.3 is 12.4 Å². The van der Waals surface area contributed by atoms with Gasteiger partial charge in [0.2, 0.25) is 0 Å². The van der Waals surface area contributed by atoms with Crippen LogP contribution in [0.5, 0.6) is 0 Å². The zero-order chi connectivity index (χ0) is 20.3. The minimum atomic E-state index is -5.53. The molecule has 1 fully saturated rings. The van der Waals surface area contributed by atoms with Crippen LogP contribution in [0.25, 0.3) is 0 Å². The third kappa shape index (κ3) is 2.79. The van der Waals surface area contributed by atoms with E-state index in [-0.39, 0.29) is 0 Å². The van der Waals surface area contributed by atoms with Crippen molar-refractivity contribution < 1.29 is 26.3 Å². The Kier molecular flexibility index (Phi) is 5.01. The molecule has 0 aromatic heterocycles. The summed E-state index contributed by atoms with van der Waals surface area (Å²) in [5, 5.41) is 15.4. The molecule has 0 amide bonds. The molecule has 142 valence electrons. The van der Waals surface area contributed by atoms with Crippen LogP contribution in [-0.2, 0) is 0 Å². The van der Waals surface area contributed by atoms with E-state index in [1.165, 1.54) is 41.5 Å². The molecule has 1 aliphatic heterocycles. The highest BCUT2D eigenvalue weighted by Gasteiger charge is 2.88. The summed E-state index contributed by atoms with van der Waals surface area (Å²) >= 11 is 0.456. The number of rotatable bonds is 0. The van der Waals surface area contributed by atoms with E-state index in [0.717, 1.165) is 12.1 Å². The van der Waals surface area contributed by atoms with Crippen molar-refractivity contribution in [3.63, 3.8) is 0 Å². The number of hydrogen-bond donors (Lipinski definition) is 0. The summed E-state index contributed by atoms with van der Waals surface area (Å²) in [6, 6.07) is 1.87. The maximum Gasteiger partial charge on any atom is 0.410 e. The lowest BCUT2D eigenvalue weighted by molar-refractivity contribution is -0.307. The first-order chi connectivity index (χ1) is 10.8. The topological polar surface area (TPSA) is 47.6 Å². The Hall–Kier alpha value is -1.09. The number of nitriles is 2. The van der Waals surface area contributed by atoms with Crippen molar-refractivity contribution in [2.24, 2.45) is 21.7 Å². The standard InChI is InChI=1S/C16H20F6N2S/c1-11(2,3)9-13(7-23,15(17,18)19)14(8-24,16(20,21)22)10(25-9)12(4,5)6/h9-10H,1-6H3/t9-,10-,13+,14+/m0/s1. The maximum absolute atomic E-state index is 14.1. The SMILES string of the molecule is CC(C)(C)[C@@H]1S[C@@H](C(C)(C)C)[C@@](C#N)(C(F)(F)F)[C@]1(C#N)C(F)(F)F. The van der Waals surface area contributed by atoms with Crippen molar-refractivity contribution in [2.75, 3.05) is 0 Å². The van der Waals surface area contributed by atoms with E-state index in [0.29, 0.717) is 11.8 Å². The molecule has 0 saturated carbocycles. The van der Waals surface area contributed by atoms with E-state index in [2.05, 4.69) is 0 Å². The molecule has 0 N–H and O–H groups in total. The summed E-state index contributed by atoms with van der Waals surface area (Å²) in [5.74, 6) is 0. The van der Waals surface area contributed by atoms with Gasteiger partial charge in [-0.3, -0.25) is 0 Å². The van der Waals surface area contributed by atoms with Gasteiger partial charge < -0.3 is 0 Å². The van der Waals surface area contributed by atoms with Crippen LogP contribution >= 0.6 is 11.8 Å². The first kappa shape index (κ1) is 22.0. The smallest absolute Gasteiger partial charge is 0.197 e. The lowest BCUT2D eigenvalue weighted by Crippen LogP contribution is -2.64. The third-order valence-electron chi connectivity index (χ3n) is 4.50. The van der Waals surface area contributed by atoms with Crippen LogP contribution in [0.2, 0.25) is 0 Å². The van der Waals surface area contributed by atoms with Gasteiger partial charge in [0.15, 0.2) is 10.8 Å². The van der Waals surface area contributed by atoms with Crippen LogP contribution in [0.1, 0.15) is 41.5 Å². The first-order valence-electron chi connectivity index (χ1n) is 7.46. The average molecular weight is 386 g/mol. The number of halogens is 6. The van der Waals surface area contributed by atoms with Crippen molar-refractivity contribution in [3.8, 4) is 12.1 Å². The van der Waals surface area contributed by atoms with Gasteiger partial charge in [-0.1, -0.05) is 41.5 Å². The Bertz CT molecular complexity index is 559. The van der Waals surface area contributed by atoms with Crippen molar-refractivity contribution in [3.05, 3.63) is 0 Å². The van der Waals surface area contributed by atoms with Crippen LogP contribution in [-0.4, -0.2) is 22.9 Å². The Balaban J connectivity index is 4.12. The van der Waals surface area contributed by atoms with Crippen LogP contribution in [0.3, 0.4) is 0 Å². The summed E-state index contributed by atoms with van der Waals surface area (Å²) in [4.78, 5) is 0. The van der Waals surface area contributed by atoms with Gasteiger partial charge in [-0.2, -0.15) is 36.9 Å². The van der Waals surface area contributed by atoms with Gasteiger partial charge in [0, 0.05) is 10.5 Å². The highest BCUT2D eigenvalue weighted by Crippen LogP contribution is 2.75. The molecule has 25 heavy (non-hydrogen) atoms. The summed E-state index contributed by atoms with van der Waals surface area (Å²) in [5.41, 5.74) is -10.3. The minimum absolute atomic E-state index is 0.456. The normalized spacial score (nSPS) is 34.5. The van der Waals surface area contributed by atoms with Gasteiger partial charge in [-0.25, -0.2) is 0 Å². The Morgan fingerprint density at radius 1 is 0.680 bits per heavy atom. The second kappa shape index (κ2) is 5.70. The average Bonchev–Trinajstić information content (AvgIpc) is 2.68. The fraction of sp³-hybridized carbons (Fsp3) is 0.875. The molecule has 0 radical (unpaired) electrons. The van der Waals surface area contributed by atoms with E-state index in [1.54, 1.807) is 0 Å². The second-order valence-electron chi connectivity index (χ2n) is 8.46. The molecule has 0 aliphatic carbocycles. The summed E-state index contributed by atoms with van der Waals surface area (Å²) < 4.78 is 84.5. The van der Waals surface area contributed by atoms with Crippen molar-refractivity contribution >= 4 is 11.8 Å². The van der Waals surface area contributed by atoms with Crippen LogP contribution < -0.4 is 0 Å². The number of alkyl halides is 6. The highest BCUT2D eigenvalue weighted by atomic mass is 32.2. The predicted molar refractivity (Wildman–Crippen MR) is 82.3 cm³/mol.